The molecule has 496 valence electrons. The van der Waals surface area contributed by atoms with Crippen molar-refractivity contribution < 1.29 is 134 Å². The van der Waals surface area contributed by atoms with E-state index in [-0.39, 0.29) is 53.1 Å². The number of aliphatic hydroxyl groups excluding tert-OH is 15. The number of ether oxygens (including phenoxy) is 10. The average molecular weight is 1240 g/mol. The first-order chi connectivity index (χ1) is 40.2. The van der Waals surface area contributed by atoms with Gasteiger partial charge < -0.3 is 129 Å². The van der Waals surface area contributed by atoms with E-state index in [9.17, 15) is 81.7 Å². The Kier molecular flexibility index (Phi) is 19.4. The van der Waals surface area contributed by atoms with Gasteiger partial charge in [0.25, 0.3) is 0 Å². The summed E-state index contributed by atoms with van der Waals surface area (Å²) in [5.74, 6) is -1.52. The molecule has 27 nitrogen and oxygen atoms in total. The molecule has 10 fully saturated rings. The zero-order valence-electron chi connectivity index (χ0n) is 50.4. The van der Waals surface area contributed by atoms with Crippen molar-refractivity contribution in [3.63, 3.8) is 0 Å². The van der Waals surface area contributed by atoms with Gasteiger partial charge >= 0.3 is 5.97 Å². The van der Waals surface area contributed by atoms with Crippen molar-refractivity contribution in [3.05, 3.63) is 0 Å². The molecule has 0 radical (unpaired) electrons. The molecule has 10 aliphatic rings. The van der Waals surface area contributed by atoms with Crippen LogP contribution < -0.4 is 0 Å². The van der Waals surface area contributed by atoms with E-state index in [0.29, 0.717) is 51.4 Å². The summed E-state index contributed by atoms with van der Waals surface area (Å²) in [5, 5.41) is 175. The molecule has 10 rings (SSSR count). The average Bonchev–Trinajstić information content (AvgIpc) is 1.04. The summed E-state index contributed by atoms with van der Waals surface area (Å²) >= 11 is 0. The van der Waals surface area contributed by atoms with E-state index in [1.807, 2.05) is 6.92 Å². The Labute approximate surface area is 500 Å². The Morgan fingerprint density at radius 2 is 1.12 bits per heavy atom. The highest BCUT2D eigenvalue weighted by Crippen LogP contribution is 2.78. The zero-order valence-corrected chi connectivity index (χ0v) is 50.4. The van der Waals surface area contributed by atoms with Crippen LogP contribution in [0.3, 0.4) is 0 Å². The van der Waals surface area contributed by atoms with Crippen molar-refractivity contribution >= 4 is 5.97 Å². The molecule has 0 aromatic rings. The largest absolute Gasteiger partial charge is 0.432 e. The number of carbonyl (C=O) groups is 1. The summed E-state index contributed by atoms with van der Waals surface area (Å²) < 4.78 is 59.4. The molecule has 86 heavy (non-hydrogen) atoms. The second-order valence-corrected chi connectivity index (χ2v) is 28.8. The third-order valence-electron chi connectivity index (χ3n) is 23.9. The molecule has 0 spiro atoms. The van der Waals surface area contributed by atoms with Crippen molar-refractivity contribution in [2.45, 2.75) is 279 Å². The molecule has 1 unspecified atom stereocenters. The number of fused-ring (bicyclic) bond motifs is 7. The quantitative estimate of drug-likeness (QED) is 0.0593. The van der Waals surface area contributed by atoms with Crippen LogP contribution in [0.1, 0.15) is 120 Å². The number of rotatable bonds is 14. The van der Waals surface area contributed by atoms with Crippen LogP contribution in [-0.4, -0.2) is 273 Å². The third-order valence-corrected chi connectivity index (χ3v) is 23.9. The van der Waals surface area contributed by atoms with Gasteiger partial charge in [-0.1, -0.05) is 27.7 Å². The van der Waals surface area contributed by atoms with Gasteiger partial charge in [-0.2, -0.15) is 0 Å². The van der Waals surface area contributed by atoms with Crippen molar-refractivity contribution in [3.8, 4) is 0 Å². The topological polar surface area (TPSA) is 433 Å². The molecule has 5 saturated carbocycles. The fraction of sp³-hybridized carbons (Fsp3) is 0.983. The number of carbonyl (C=O) groups excluding carboxylic acids is 1. The molecule has 0 aromatic heterocycles. The molecule has 5 aliphatic heterocycles. The van der Waals surface area contributed by atoms with Gasteiger partial charge in [0.05, 0.1) is 55.8 Å². The number of aliphatic hydroxyl groups is 16. The Balaban J connectivity index is 0.829. The predicted molar refractivity (Wildman–Crippen MR) is 289 cm³/mol. The Morgan fingerprint density at radius 3 is 1.72 bits per heavy atom. The zero-order chi connectivity index (χ0) is 62.9. The fourth-order valence-electron chi connectivity index (χ4n) is 18.6. The van der Waals surface area contributed by atoms with Gasteiger partial charge in [0.1, 0.15) is 104 Å². The minimum absolute atomic E-state index is 0.0822. The highest BCUT2D eigenvalue weighted by molar-refractivity contribution is 5.78. The molecule has 16 N–H and O–H groups in total. The van der Waals surface area contributed by atoms with Gasteiger partial charge in [-0.3, -0.25) is 4.79 Å². The van der Waals surface area contributed by atoms with Crippen LogP contribution in [0.15, 0.2) is 0 Å². The molecule has 5 heterocycles. The van der Waals surface area contributed by atoms with Crippen molar-refractivity contribution in [2.24, 2.45) is 56.7 Å². The van der Waals surface area contributed by atoms with E-state index >= 15 is 4.79 Å². The molecule has 0 aromatic carbocycles. The lowest BCUT2D eigenvalue weighted by Crippen LogP contribution is -2.69. The summed E-state index contributed by atoms with van der Waals surface area (Å²) in [5.41, 5.74) is -4.31. The van der Waals surface area contributed by atoms with Gasteiger partial charge in [0.2, 0.25) is 6.29 Å². The highest BCUT2D eigenvalue weighted by Gasteiger charge is 2.74. The number of hydrogen-bond donors (Lipinski definition) is 16. The lowest BCUT2D eigenvalue weighted by molar-refractivity contribution is -0.366. The molecule has 5 aliphatic carbocycles. The summed E-state index contributed by atoms with van der Waals surface area (Å²) in [7, 11) is 0. The lowest BCUT2D eigenvalue weighted by Gasteiger charge is -2.73. The van der Waals surface area contributed by atoms with Gasteiger partial charge in [-0.25, -0.2) is 0 Å². The molecule has 0 bridgehead atoms. The molecular formula is C59H98O27. The number of esters is 1. The summed E-state index contributed by atoms with van der Waals surface area (Å²) in [4.78, 5) is 15.3. The Morgan fingerprint density at radius 1 is 0.535 bits per heavy atom. The van der Waals surface area contributed by atoms with Gasteiger partial charge in [-0.05, 0) is 138 Å². The smallest absolute Gasteiger partial charge is 0.314 e. The van der Waals surface area contributed by atoms with E-state index in [0.717, 1.165) is 12.8 Å². The maximum absolute atomic E-state index is 15.3. The third kappa shape index (κ3) is 11.1. The predicted octanol–water partition coefficient (Wildman–Crippen LogP) is -3.49. The second kappa shape index (κ2) is 24.7. The molecule has 5 saturated heterocycles. The minimum Gasteiger partial charge on any atom is -0.432 e. The van der Waals surface area contributed by atoms with Crippen molar-refractivity contribution in [1.29, 1.82) is 0 Å². The first-order valence-electron chi connectivity index (χ1n) is 31.1. The second-order valence-electron chi connectivity index (χ2n) is 28.8. The van der Waals surface area contributed by atoms with Crippen LogP contribution in [0.5, 0.6) is 0 Å². The van der Waals surface area contributed by atoms with Gasteiger partial charge in [-0.15, -0.1) is 0 Å². The molecule has 0 amide bonds. The first kappa shape index (κ1) is 67.4. The normalized spacial score (nSPS) is 56.0. The minimum atomic E-state index is -1.94. The van der Waals surface area contributed by atoms with Crippen LogP contribution in [0.25, 0.3) is 0 Å². The van der Waals surface area contributed by atoms with E-state index < -0.39 is 195 Å². The molecule has 35 atom stereocenters. The Bertz CT molecular complexity index is 2330. The highest BCUT2D eigenvalue weighted by atomic mass is 16.8. The maximum atomic E-state index is 15.3. The Hall–Kier alpha value is -1.53. The monoisotopic (exact) mass is 1240 g/mol. The van der Waals surface area contributed by atoms with E-state index in [1.54, 1.807) is 13.8 Å². The van der Waals surface area contributed by atoms with Gasteiger partial charge in [0.15, 0.2) is 25.2 Å². The van der Waals surface area contributed by atoms with Crippen LogP contribution >= 0.6 is 0 Å². The fourth-order valence-corrected chi connectivity index (χ4v) is 18.6. The SMILES string of the molecule is C[C@@H]1O[C@@H](O[C@H]2[C@H](O[C@H]3CC[C@]4(C)[C@H]5CC[C@@H]6[C@H]7[C@H](C(C)(C)O)CC[C@]7(C(=O)O[C@@H]7O[C@H](CO[C@@H]8O[C@H](CO)[C@@H](O[C@@H]9O[C@@H](C)[C@H](O)[C@@H](O)[C@H]9O)[C@H](O)[C@H]8O)[C@@H](O)[C@H](O)[C@H]7O)CC[C@@]6(C)[C@]5(C)CC[C@H]4C3(C)CO)OC[C@H](O)[C@@H]2O)[C@H](O)[C@H](O)[C@H]1O. The summed E-state index contributed by atoms with van der Waals surface area (Å²) in [6, 6.07) is 0. The summed E-state index contributed by atoms with van der Waals surface area (Å²) in [6.45, 7) is 13.4. The molecular weight excluding hydrogens is 1140 g/mol. The van der Waals surface area contributed by atoms with Crippen LogP contribution in [0.2, 0.25) is 0 Å². The van der Waals surface area contributed by atoms with E-state index in [4.69, 9.17) is 47.4 Å². The number of hydrogen-bond acceptors (Lipinski definition) is 27. The van der Waals surface area contributed by atoms with Gasteiger partial charge in [0, 0.05) is 5.41 Å². The standard InChI is InChI=1S/C59H98O27/c1-23-34(63)38(67)42(71)49(79-23)84-46-28(19-60)81-48(45(74)41(46)70)78-21-29-37(66)40(69)44(73)51(82-29)86-53(75)59-16-11-25(54(3,4)76)33(59)26-9-10-31-55(5)14-13-32(56(6,22-61)30(55)12-15-58(31,8)57(26,7)17-18-59)83-52-47(36(65)27(62)20-77-52)85-50-43(72)39(68)35(64)24(2)80-50/h23-52,60-74,76H,9-22H2,1-8H3/t23-,24-,25+,26+,27-,28+,29+,30+,31+,32-,33+,34-,35-,36-,37+,38+,39+,40-,41+,42+,43+,44+,45+,46+,47+,48+,49-,50-,51-,52-,55-,56?,57+,58+,59-/m0/s1. The van der Waals surface area contributed by atoms with Crippen molar-refractivity contribution in [1.82, 2.24) is 0 Å². The maximum Gasteiger partial charge on any atom is 0.314 e. The van der Waals surface area contributed by atoms with E-state index in [2.05, 4.69) is 20.8 Å². The van der Waals surface area contributed by atoms with E-state index in [1.165, 1.54) is 13.8 Å². The van der Waals surface area contributed by atoms with Crippen LogP contribution in [0.4, 0.5) is 0 Å². The van der Waals surface area contributed by atoms with Crippen molar-refractivity contribution in [2.75, 3.05) is 26.4 Å². The van der Waals surface area contributed by atoms with Crippen LogP contribution in [0, 0.1) is 56.7 Å². The summed E-state index contributed by atoms with van der Waals surface area (Å²) in [6.07, 6.45) is -32.7. The van der Waals surface area contributed by atoms with Crippen LogP contribution in [-0.2, 0) is 52.2 Å². The first-order valence-corrected chi connectivity index (χ1v) is 31.1. The lowest BCUT2D eigenvalue weighted by atomic mass is 9.32. The molecule has 27 heteroatoms.